The Balaban J connectivity index is 1.69. The van der Waals surface area contributed by atoms with Crippen molar-refractivity contribution in [3.05, 3.63) is 48.0 Å². The van der Waals surface area contributed by atoms with E-state index in [-0.39, 0.29) is 18.1 Å². The second-order valence-electron chi connectivity index (χ2n) is 6.40. The Hall–Kier alpha value is -1.90. The Kier molecular flexibility index (Phi) is 7.05. The van der Waals surface area contributed by atoms with E-state index in [2.05, 4.69) is 30.3 Å². The predicted molar refractivity (Wildman–Crippen MR) is 91.2 cm³/mol. The van der Waals surface area contributed by atoms with Gasteiger partial charge in [-0.25, -0.2) is 0 Å². The lowest BCUT2D eigenvalue weighted by molar-refractivity contribution is -0.137. The van der Waals surface area contributed by atoms with E-state index in [9.17, 15) is 9.59 Å². The van der Waals surface area contributed by atoms with Gasteiger partial charge >= 0.3 is 5.97 Å². The van der Waals surface area contributed by atoms with Gasteiger partial charge in [0.1, 0.15) is 0 Å². The van der Waals surface area contributed by atoms with Gasteiger partial charge < -0.3 is 5.11 Å². The number of carboxylic acids is 1. The van der Waals surface area contributed by atoms with Crippen molar-refractivity contribution in [2.45, 2.75) is 51.4 Å². The van der Waals surface area contributed by atoms with Crippen LogP contribution in [0.15, 0.2) is 42.5 Å². The number of hydrogen-bond acceptors (Lipinski definition) is 2. The summed E-state index contributed by atoms with van der Waals surface area (Å²) in [7, 11) is 0. The van der Waals surface area contributed by atoms with Crippen LogP contribution in [0.3, 0.4) is 0 Å². The lowest BCUT2D eigenvalue weighted by Gasteiger charge is -2.18. The quantitative estimate of drug-likeness (QED) is 0.651. The van der Waals surface area contributed by atoms with Crippen LogP contribution in [0.25, 0.3) is 0 Å². The van der Waals surface area contributed by atoms with Crippen molar-refractivity contribution in [3.8, 4) is 0 Å². The smallest absolute Gasteiger partial charge is 0.303 e. The van der Waals surface area contributed by atoms with Crippen LogP contribution in [0.4, 0.5) is 0 Å². The molecule has 1 N–H and O–H groups in total. The first kappa shape index (κ1) is 17.5. The molecule has 0 aromatic heterocycles. The summed E-state index contributed by atoms with van der Waals surface area (Å²) in [5, 5.41) is 8.61. The van der Waals surface area contributed by atoms with Gasteiger partial charge in [-0.2, -0.15) is 0 Å². The first-order valence-corrected chi connectivity index (χ1v) is 8.64. The van der Waals surface area contributed by atoms with Crippen LogP contribution in [-0.2, 0) is 16.0 Å². The summed E-state index contributed by atoms with van der Waals surface area (Å²) in [4.78, 5) is 22.5. The van der Waals surface area contributed by atoms with Crippen LogP contribution in [0.5, 0.6) is 0 Å². The Morgan fingerprint density at radius 3 is 2.48 bits per heavy atom. The highest BCUT2D eigenvalue weighted by Gasteiger charge is 2.28. The van der Waals surface area contributed by atoms with Gasteiger partial charge in [0, 0.05) is 12.3 Å². The molecule has 3 heteroatoms. The molecule has 23 heavy (non-hydrogen) atoms. The molecule has 0 aliphatic heterocycles. The lowest BCUT2D eigenvalue weighted by Crippen LogP contribution is -2.16. The maximum atomic E-state index is 12.0. The summed E-state index contributed by atoms with van der Waals surface area (Å²) < 4.78 is 0. The molecule has 0 amide bonds. The second kappa shape index (κ2) is 9.29. The van der Waals surface area contributed by atoms with E-state index in [1.165, 1.54) is 5.56 Å². The first-order chi connectivity index (χ1) is 11.2. The van der Waals surface area contributed by atoms with Gasteiger partial charge in [0.2, 0.25) is 0 Å². The van der Waals surface area contributed by atoms with E-state index in [1.54, 1.807) is 6.08 Å². The maximum Gasteiger partial charge on any atom is 0.303 e. The number of carbonyl (C=O) groups excluding carboxylic acids is 1. The topological polar surface area (TPSA) is 54.4 Å². The van der Waals surface area contributed by atoms with E-state index in [0.717, 1.165) is 44.9 Å². The van der Waals surface area contributed by atoms with E-state index in [0.29, 0.717) is 5.92 Å². The summed E-state index contributed by atoms with van der Waals surface area (Å²) in [5.41, 5.74) is 1.33. The minimum atomic E-state index is -0.721. The molecular weight excluding hydrogens is 288 g/mol. The lowest BCUT2D eigenvalue weighted by atomic mass is 9.85. The second-order valence-corrected chi connectivity index (χ2v) is 6.40. The third kappa shape index (κ3) is 6.01. The van der Waals surface area contributed by atoms with Gasteiger partial charge in [-0.15, -0.1) is 0 Å². The van der Waals surface area contributed by atoms with Gasteiger partial charge in [0.05, 0.1) is 0 Å². The molecule has 1 aliphatic rings. The van der Waals surface area contributed by atoms with Crippen molar-refractivity contribution in [2.75, 3.05) is 0 Å². The van der Waals surface area contributed by atoms with Gasteiger partial charge in [-0.1, -0.05) is 55.7 Å². The molecule has 0 fully saturated rings. The van der Waals surface area contributed by atoms with Crippen molar-refractivity contribution in [1.82, 2.24) is 0 Å². The molecule has 0 saturated carbocycles. The molecule has 0 unspecified atom stereocenters. The number of hydrogen-bond donors (Lipinski definition) is 1. The molecule has 0 spiro atoms. The Morgan fingerprint density at radius 2 is 1.74 bits per heavy atom. The zero-order valence-electron chi connectivity index (χ0n) is 13.6. The number of aryl methyl sites for hydroxylation is 1. The molecular formula is C20H26O3. The highest BCUT2D eigenvalue weighted by molar-refractivity contribution is 5.94. The molecule has 2 rings (SSSR count). The number of aliphatic carboxylic acids is 1. The van der Waals surface area contributed by atoms with Crippen molar-refractivity contribution >= 4 is 11.8 Å². The van der Waals surface area contributed by atoms with E-state index >= 15 is 0 Å². The third-order valence-corrected chi connectivity index (χ3v) is 4.65. The number of ketones is 1. The summed E-state index contributed by atoms with van der Waals surface area (Å²) in [5.74, 6) is 0.0506. The van der Waals surface area contributed by atoms with E-state index in [4.69, 9.17) is 5.11 Å². The standard InChI is InChI=1S/C20H26O3/c21-19-15-14-17(13-12-16-8-4-3-5-9-16)18(19)10-6-1-2-7-11-20(22)23/h3-5,8-9,14-15,17-18H,1-2,6-7,10-13H2,(H,22,23)/t17-,18+/m0/s1. The molecule has 0 bridgehead atoms. The molecule has 124 valence electrons. The van der Waals surface area contributed by atoms with Gasteiger partial charge in [0.25, 0.3) is 0 Å². The number of carbonyl (C=O) groups is 2. The number of rotatable bonds is 10. The fourth-order valence-electron chi connectivity index (χ4n) is 3.31. The summed E-state index contributed by atoms with van der Waals surface area (Å²) in [6.45, 7) is 0. The van der Waals surface area contributed by atoms with Gasteiger partial charge in [-0.05, 0) is 43.2 Å². The van der Waals surface area contributed by atoms with Crippen molar-refractivity contribution in [1.29, 1.82) is 0 Å². The minimum Gasteiger partial charge on any atom is -0.481 e. The maximum absolute atomic E-state index is 12.0. The Bertz CT molecular complexity index is 533. The number of allylic oxidation sites excluding steroid dienone is 2. The van der Waals surface area contributed by atoms with Crippen LogP contribution in [0.1, 0.15) is 50.5 Å². The summed E-state index contributed by atoms with van der Waals surface area (Å²) in [6.07, 6.45) is 10.8. The average Bonchev–Trinajstić information content (AvgIpc) is 2.90. The molecule has 3 nitrogen and oxygen atoms in total. The molecule has 1 aromatic rings. The summed E-state index contributed by atoms with van der Waals surface area (Å²) >= 11 is 0. The fourth-order valence-corrected chi connectivity index (χ4v) is 3.31. The average molecular weight is 314 g/mol. The van der Waals surface area contributed by atoms with Crippen LogP contribution in [-0.4, -0.2) is 16.9 Å². The number of benzene rings is 1. The molecule has 1 aliphatic carbocycles. The van der Waals surface area contributed by atoms with Crippen LogP contribution < -0.4 is 0 Å². The first-order valence-electron chi connectivity index (χ1n) is 8.64. The molecule has 0 saturated heterocycles. The minimum absolute atomic E-state index is 0.137. The van der Waals surface area contributed by atoms with Crippen molar-refractivity contribution in [3.63, 3.8) is 0 Å². The molecule has 2 atom stereocenters. The normalized spacial score (nSPS) is 20.1. The van der Waals surface area contributed by atoms with Crippen LogP contribution >= 0.6 is 0 Å². The van der Waals surface area contributed by atoms with Crippen LogP contribution in [0.2, 0.25) is 0 Å². The summed E-state index contributed by atoms with van der Waals surface area (Å²) in [6, 6.07) is 10.4. The highest BCUT2D eigenvalue weighted by Crippen LogP contribution is 2.31. The number of carboxylic acid groups (broad SMARTS) is 1. The fraction of sp³-hybridized carbons (Fsp3) is 0.500. The van der Waals surface area contributed by atoms with Gasteiger partial charge in [-0.3, -0.25) is 9.59 Å². The highest BCUT2D eigenvalue weighted by atomic mass is 16.4. The molecule has 0 radical (unpaired) electrons. The predicted octanol–water partition coefficient (Wildman–Crippen LogP) is 4.42. The van der Waals surface area contributed by atoms with E-state index < -0.39 is 5.97 Å². The van der Waals surface area contributed by atoms with Gasteiger partial charge in [0.15, 0.2) is 5.78 Å². The zero-order valence-corrected chi connectivity index (χ0v) is 13.6. The van der Waals surface area contributed by atoms with Crippen LogP contribution in [0, 0.1) is 11.8 Å². The molecule has 1 aromatic carbocycles. The Morgan fingerprint density at radius 1 is 1.00 bits per heavy atom. The van der Waals surface area contributed by atoms with Crippen molar-refractivity contribution in [2.24, 2.45) is 11.8 Å². The monoisotopic (exact) mass is 314 g/mol. The number of unbranched alkanes of at least 4 members (excludes halogenated alkanes) is 3. The zero-order chi connectivity index (χ0) is 16.5. The largest absolute Gasteiger partial charge is 0.481 e. The molecule has 0 heterocycles. The third-order valence-electron chi connectivity index (χ3n) is 4.65. The SMILES string of the molecule is O=C(O)CCCCCC[C@H]1C(=O)C=C[C@@H]1CCc1ccccc1. The Labute approximate surface area is 138 Å². The van der Waals surface area contributed by atoms with Crippen molar-refractivity contribution < 1.29 is 14.7 Å². The van der Waals surface area contributed by atoms with E-state index in [1.807, 2.05) is 6.07 Å².